The maximum absolute atomic E-state index is 12.5. The second kappa shape index (κ2) is 9.63. The number of imidazole rings is 1. The lowest BCUT2D eigenvalue weighted by atomic mass is 10.2. The lowest BCUT2D eigenvalue weighted by Crippen LogP contribution is -2.34. The Bertz CT molecular complexity index is 1140. The van der Waals surface area contributed by atoms with Crippen molar-refractivity contribution in [2.75, 3.05) is 20.6 Å². The zero-order chi connectivity index (χ0) is 22.6. The van der Waals surface area contributed by atoms with Crippen LogP contribution in [0, 0.1) is 0 Å². The predicted octanol–water partition coefficient (Wildman–Crippen LogP) is 2.04. The number of carbonyl (C=O) groups is 1. The van der Waals surface area contributed by atoms with Gasteiger partial charge >= 0.3 is 0 Å². The molecular weight excluding hydrogens is 418 g/mol. The van der Waals surface area contributed by atoms with Gasteiger partial charge in [-0.2, -0.15) is 0 Å². The highest BCUT2D eigenvalue weighted by atomic mass is 32.2. The summed E-state index contributed by atoms with van der Waals surface area (Å²) in [4.78, 5) is 19.1. The van der Waals surface area contributed by atoms with Crippen molar-refractivity contribution in [3.63, 3.8) is 0 Å². The fraction of sp³-hybridized carbons (Fsp3) is 0.429. The van der Waals surface area contributed by atoms with Crippen molar-refractivity contribution in [3.05, 3.63) is 48.2 Å². The number of sulfonamides is 1. The van der Waals surface area contributed by atoms with E-state index in [1.54, 1.807) is 12.3 Å². The maximum Gasteiger partial charge on any atom is 0.238 e. The molecule has 3 rings (SSSR count). The number of hydrogen-bond donors (Lipinski definition) is 2. The van der Waals surface area contributed by atoms with E-state index in [-0.39, 0.29) is 23.3 Å². The number of fused-ring (bicyclic) bond motifs is 1. The number of rotatable bonds is 10. The normalized spacial score (nSPS) is 13.1. The summed E-state index contributed by atoms with van der Waals surface area (Å²) in [5, 5.41) is 8.20. The first kappa shape index (κ1) is 23.0. The molecule has 9 nitrogen and oxygen atoms in total. The van der Waals surface area contributed by atoms with E-state index in [4.69, 9.17) is 9.56 Å². The number of carbonyl (C=O) groups excluding carboxylic acids is 1. The Morgan fingerprint density at radius 2 is 2.10 bits per heavy atom. The van der Waals surface area contributed by atoms with Crippen LogP contribution in [0.4, 0.5) is 0 Å². The van der Waals surface area contributed by atoms with Gasteiger partial charge in [0.05, 0.1) is 28.2 Å². The van der Waals surface area contributed by atoms with Gasteiger partial charge in [-0.05, 0) is 50.8 Å². The van der Waals surface area contributed by atoms with E-state index >= 15 is 0 Å². The molecule has 31 heavy (non-hydrogen) atoms. The minimum atomic E-state index is -3.80. The molecule has 1 amide bonds. The van der Waals surface area contributed by atoms with Crippen molar-refractivity contribution in [3.8, 4) is 0 Å². The Morgan fingerprint density at radius 3 is 2.71 bits per heavy atom. The van der Waals surface area contributed by atoms with Gasteiger partial charge in [-0.3, -0.25) is 9.69 Å². The Morgan fingerprint density at radius 1 is 1.32 bits per heavy atom. The summed E-state index contributed by atoms with van der Waals surface area (Å²) in [6.07, 6.45) is 3.22. The van der Waals surface area contributed by atoms with Crippen LogP contribution in [0.1, 0.15) is 37.4 Å². The summed E-state index contributed by atoms with van der Waals surface area (Å²) in [6.45, 7) is 3.21. The van der Waals surface area contributed by atoms with Crippen LogP contribution in [0.15, 0.2) is 45.9 Å². The minimum absolute atomic E-state index is 0.0260. The minimum Gasteiger partial charge on any atom is -0.468 e. The maximum atomic E-state index is 12.5. The van der Waals surface area contributed by atoms with E-state index < -0.39 is 10.0 Å². The number of likely N-dealkylation sites (N-methyl/N-ethyl adjacent to an activating group) is 1. The summed E-state index contributed by atoms with van der Waals surface area (Å²) in [5.41, 5.74) is 1.39. The smallest absolute Gasteiger partial charge is 0.238 e. The number of nitrogens with two attached hydrogens (primary N) is 1. The molecule has 1 atom stereocenters. The zero-order valence-electron chi connectivity index (χ0n) is 18.0. The predicted molar refractivity (Wildman–Crippen MR) is 118 cm³/mol. The molecule has 3 aromatic rings. The number of nitrogens with zero attached hydrogens (tertiary/aromatic N) is 3. The molecule has 2 aromatic heterocycles. The van der Waals surface area contributed by atoms with Gasteiger partial charge in [0, 0.05) is 25.9 Å². The highest BCUT2D eigenvalue weighted by Gasteiger charge is 2.19. The Labute approximate surface area is 182 Å². The van der Waals surface area contributed by atoms with Crippen molar-refractivity contribution < 1.29 is 17.6 Å². The molecular formula is C21H29N5O4S. The van der Waals surface area contributed by atoms with E-state index in [0.717, 1.165) is 30.1 Å². The lowest BCUT2D eigenvalue weighted by Gasteiger charge is -2.22. The standard InChI is InChI=1S/C21H29N5O4S/c1-4-11-26-17-8-7-15(31(22,28)29)13-16(17)24-20(26)9-10-21(27)23-14-18(25(2)3)19-6-5-12-30-19/h5-8,12-13,18H,4,9-11,14H2,1-3H3,(H,23,27)(H2,22,28,29). The molecule has 0 saturated heterocycles. The van der Waals surface area contributed by atoms with Crippen molar-refractivity contribution in [1.29, 1.82) is 0 Å². The van der Waals surface area contributed by atoms with Crippen LogP contribution < -0.4 is 10.5 Å². The molecule has 3 N–H and O–H groups in total. The van der Waals surface area contributed by atoms with Crippen LogP contribution in [0.3, 0.4) is 0 Å². The summed E-state index contributed by atoms with van der Waals surface area (Å²) in [5.74, 6) is 1.45. The SMILES string of the molecule is CCCn1c(CCC(=O)NCC(c2ccco2)N(C)C)nc2cc(S(N)(=O)=O)ccc21. The summed E-state index contributed by atoms with van der Waals surface area (Å²) in [6, 6.07) is 8.34. The number of aromatic nitrogens is 2. The van der Waals surface area contributed by atoms with Crippen LogP contribution in [0.5, 0.6) is 0 Å². The van der Waals surface area contributed by atoms with Gasteiger partial charge in [-0.15, -0.1) is 0 Å². The van der Waals surface area contributed by atoms with Crippen LogP contribution >= 0.6 is 0 Å². The third-order valence-electron chi connectivity index (χ3n) is 5.14. The molecule has 0 saturated carbocycles. The molecule has 0 radical (unpaired) electrons. The number of benzene rings is 1. The monoisotopic (exact) mass is 447 g/mol. The first-order valence-electron chi connectivity index (χ1n) is 10.2. The van der Waals surface area contributed by atoms with Crippen LogP contribution in [-0.4, -0.2) is 49.4 Å². The first-order chi connectivity index (χ1) is 14.7. The molecule has 2 heterocycles. The third kappa shape index (κ3) is 5.52. The molecule has 1 unspecified atom stereocenters. The number of nitrogens with one attached hydrogen (secondary N) is 1. The van der Waals surface area contributed by atoms with E-state index in [2.05, 4.69) is 17.2 Å². The van der Waals surface area contributed by atoms with Gasteiger partial charge in [0.2, 0.25) is 15.9 Å². The van der Waals surface area contributed by atoms with Crippen molar-refractivity contribution in [2.24, 2.45) is 5.14 Å². The summed E-state index contributed by atoms with van der Waals surface area (Å²) < 4.78 is 30.8. The van der Waals surface area contributed by atoms with Crippen LogP contribution in [0.25, 0.3) is 11.0 Å². The Balaban J connectivity index is 1.70. The van der Waals surface area contributed by atoms with Crippen molar-refractivity contribution in [2.45, 2.75) is 43.7 Å². The highest BCUT2D eigenvalue weighted by molar-refractivity contribution is 7.89. The van der Waals surface area contributed by atoms with E-state index in [9.17, 15) is 13.2 Å². The number of amides is 1. The number of aryl methyl sites for hydroxylation is 2. The molecule has 1 aromatic carbocycles. The van der Waals surface area contributed by atoms with Crippen LogP contribution in [-0.2, 0) is 27.8 Å². The molecule has 0 aliphatic heterocycles. The van der Waals surface area contributed by atoms with Crippen LogP contribution in [0.2, 0.25) is 0 Å². The fourth-order valence-electron chi connectivity index (χ4n) is 3.54. The zero-order valence-corrected chi connectivity index (χ0v) is 18.9. The van der Waals surface area contributed by atoms with Crippen molar-refractivity contribution in [1.82, 2.24) is 19.8 Å². The first-order valence-corrected chi connectivity index (χ1v) is 11.7. The van der Waals surface area contributed by atoms with Gasteiger partial charge in [-0.1, -0.05) is 6.92 Å². The molecule has 0 aliphatic rings. The third-order valence-corrected chi connectivity index (χ3v) is 6.05. The van der Waals surface area contributed by atoms with Gasteiger partial charge in [0.25, 0.3) is 0 Å². The van der Waals surface area contributed by atoms with Crippen molar-refractivity contribution >= 4 is 27.0 Å². The van der Waals surface area contributed by atoms with Gasteiger partial charge in [0.15, 0.2) is 0 Å². The molecule has 0 fully saturated rings. The van der Waals surface area contributed by atoms with E-state index in [0.29, 0.717) is 18.5 Å². The van der Waals surface area contributed by atoms with E-state index in [1.807, 2.05) is 35.7 Å². The van der Waals surface area contributed by atoms with Gasteiger partial charge in [-0.25, -0.2) is 18.5 Å². The highest BCUT2D eigenvalue weighted by Crippen LogP contribution is 2.22. The molecule has 0 aliphatic carbocycles. The Kier molecular flexibility index (Phi) is 7.14. The van der Waals surface area contributed by atoms with E-state index in [1.165, 1.54) is 12.1 Å². The molecule has 0 bridgehead atoms. The number of furan rings is 1. The number of hydrogen-bond acceptors (Lipinski definition) is 6. The summed E-state index contributed by atoms with van der Waals surface area (Å²) >= 11 is 0. The topological polar surface area (TPSA) is 123 Å². The lowest BCUT2D eigenvalue weighted by molar-refractivity contribution is -0.121. The largest absolute Gasteiger partial charge is 0.468 e. The fourth-order valence-corrected chi connectivity index (χ4v) is 4.08. The molecule has 168 valence electrons. The second-order valence-electron chi connectivity index (χ2n) is 7.67. The quantitative estimate of drug-likeness (QED) is 0.490. The molecule has 10 heteroatoms. The van der Waals surface area contributed by atoms with Gasteiger partial charge in [0.1, 0.15) is 11.6 Å². The van der Waals surface area contributed by atoms with Gasteiger partial charge < -0.3 is 14.3 Å². The average molecular weight is 448 g/mol. The average Bonchev–Trinajstić information content (AvgIpc) is 3.34. The second-order valence-corrected chi connectivity index (χ2v) is 9.24. The Hall–Kier alpha value is -2.69. The molecule has 0 spiro atoms. The summed E-state index contributed by atoms with van der Waals surface area (Å²) in [7, 11) is 0.0634. The number of primary sulfonamides is 1.